The Hall–Kier alpha value is -2.40. The first kappa shape index (κ1) is 12.3. The Labute approximate surface area is 121 Å². The van der Waals surface area contributed by atoms with Crippen LogP contribution in [0.1, 0.15) is 0 Å². The molecule has 0 aromatic heterocycles. The average molecular weight is 282 g/mol. The Morgan fingerprint density at radius 3 is 2.76 bits per heavy atom. The van der Waals surface area contributed by atoms with Crippen LogP contribution in [-0.4, -0.2) is 31.3 Å². The second-order valence-corrected chi connectivity index (χ2v) is 5.07. The monoisotopic (exact) mass is 282 g/mol. The molecule has 5 nitrogen and oxygen atoms in total. The van der Waals surface area contributed by atoms with Gasteiger partial charge in [0, 0.05) is 19.2 Å². The van der Waals surface area contributed by atoms with Gasteiger partial charge in [-0.2, -0.15) is 0 Å². The Balaban J connectivity index is 1.90. The van der Waals surface area contributed by atoms with Crippen molar-refractivity contribution in [2.45, 2.75) is 0 Å². The van der Waals surface area contributed by atoms with Crippen LogP contribution in [0.4, 0.5) is 5.69 Å². The summed E-state index contributed by atoms with van der Waals surface area (Å²) in [4.78, 5) is 18.9. The first-order chi connectivity index (χ1) is 10.3. The lowest BCUT2D eigenvalue weighted by molar-refractivity contribution is 0.122. The molecule has 4 rings (SSSR count). The van der Waals surface area contributed by atoms with Crippen LogP contribution in [0, 0.1) is 0 Å². The molecule has 0 amide bonds. The molecule has 2 heterocycles. The summed E-state index contributed by atoms with van der Waals surface area (Å²) in [5.41, 5.74) is 2.81. The first-order valence-electron chi connectivity index (χ1n) is 6.98. The van der Waals surface area contributed by atoms with E-state index in [1.165, 1.54) is 6.07 Å². The van der Waals surface area contributed by atoms with Crippen molar-refractivity contribution in [3.8, 4) is 11.5 Å². The highest BCUT2D eigenvalue weighted by atomic mass is 16.5. The van der Waals surface area contributed by atoms with Gasteiger partial charge in [-0.25, -0.2) is 4.98 Å². The summed E-state index contributed by atoms with van der Waals surface area (Å²) in [6.45, 7) is 2.75. The molecule has 0 saturated carbocycles. The van der Waals surface area contributed by atoms with Gasteiger partial charge in [-0.05, 0) is 18.2 Å². The summed E-state index contributed by atoms with van der Waals surface area (Å²) in [6, 6.07) is 10.9. The predicted molar refractivity (Wildman–Crippen MR) is 79.9 cm³/mol. The van der Waals surface area contributed by atoms with Crippen molar-refractivity contribution in [2.24, 2.45) is 0 Å². The lowest BCUT2D eigenvalue weighted by Crippen LogP contribution is -2.38. The number of anilines is 1. The molecular formula is C16H14N2O3. The van der Waals surface area contributed by atoms with Crippen molar-refractivity contribution in [3.05, 3.63) is 46.6 Å². The molecule has 1 aromatic carbocycles. The van der Waals surface area contributed by atoms with E-state index in [0.717, 1.165) is 18.6 Å². The van der Waals surface area contributed by atoms with E-state index in [-0.39, 0.29) is 5.43 Å². The number of morpholine rings is 1. The van der Waals surface area contributed by atoms with E-state index >= 15 is 0 Å². The zero-order chi connectivity index (χ0) is 14.2. The Morgan fingerprint density at radius 1 is 1.10 bits per heavy atom. The molecule has 0 atom stereocenters. The smallest absolute Gasteiger partial charge is 0.205 e. The molecule has 1 aliphatic carbocycles. The zero-order valence-corrected chi connectivity index (χ0v) is 11.4. The maximum absolute atomic E-state index is 12.3. The number of aromatic nitrogens is 1. The molecule has 0 radical (unpaired) electrons. The summed E-state index contributed by atoms with van der Waals surface area (Å²) < 4.78 is 11.1. The van der Waals surface area contributed by atoms with Crippen LogP contribution in [0.25, 0.3) is 22.6 Å². The van der Waals surface area contributed by atoms with Crippen LogP contribution in [0.15, 0.2) is 45.6 Å². The van der Waals surface area contributed by atoms with Gasteiger partial charge >= 0.3 is 0 Å². The van der Waals surface area contributed by atoms with Gasteiger partial charge in [0.1, 0.15) is 11.2 Å². The first-order valence-corrected chi connectivity index (χ1v) is 6.98. The van der Waals surface area contributed by atoms with E-state index < -0.39 is 0 Å². The highest BCUT2D eigenvalue weighted by Crippen LogP contribution is 2.26. The Morgan fingerprint density at radius 2 is 1.90 bits per heavy atom. The fraction of sp³-hybridized carbons (Fsp3) is 0.250. The number of fused-ring (bicyclic) bond motifs is 2. The maximum Gasteiger partial charge on any atom is 0.205 e. The number of hydrogen-bond acceptors (Lipinski definition) is 5. The number of ether oxygens (including phenoxy) is 1. The summed E-state index contributed by atoms with van der Waals surface area (Å²) in [5, 5.41) is 0. The minimum Gasteiger partial charge on any atom is -0.453 e. The molecule has 21 heavy (non-hydrogen) atoms. The van der Waals surface area contributed by atoms with E-state index in [1.54, 1.807) is 0 Å². The molecule has 0 N–H and O–H groups in total. The Kier molecular flexibility index (Phi) is 2.86. The molecule has 106 valence electrons. The third-order valence-corrected chi connectivity index (χ3v) is 3.72. The molecule has 1 aromatic rings. The number of nitrogens with zero attached hydrogens (tertiary/aromatic N) is 2. The molecule has 3 aliphatic rings. The highest BCUT2D eigenvalue weighted by Gasteiger charge is 2.18. The van der Waals surface area contributed by atoms with Gasteiger partial charge in [-0.3, -0.25) is 4.79 Å². The highest BCUT2D eigenvalue weighted by molar-refractivity contribution is 5.77. The molecule has 0 unspecified atom stereocenters. The fourth-order valence-corrected chi connectivity index (χ4v) is 2.64. The summed E-state index contributed by atoms with van der Waals surface area (Å²) in [5.74, 6) is 0.524. The SMILES string of the molecule is O=c1cc2oc3ccccc3nc-2cc1N1CCOCC1. The minimum absolute atomic E-state index is 0.0368. The molecule has 0 bridgehead atoms. The van der Waals surface area contributed by atoms with Crippen molar-refractivity contribution < 1.29 is 9.15 Å². The van der Waals surface area contributed by atoms with Crippen LogP contribution < -0.4 is 10.3 Å². The third-order valence-electron chi connectivity index (χ3n) is 3.72. The van der Waals surface area contributed by atoms with Crippen LogP contribution >= 0.6 is 0 Å². The summed E-state index contributed by atoms with van der Waals surface area (Å²) in [6.07, 6.45) is 0. The third kappa shape index (κ3) is 2.15. The van der Waals surface area contributed by atoms with Gasteiger partial charge in [0.15, 0.2) is 11.3 Å². The standard InChI is InChI=1S/C16H14N2O3/c19-14-10-16-12(9-13(14)18-5-7-20-8-6-18)17-11-3-1-2-4-15(11)21-16/h1-4,9-10H,5-8H2. The van der Waals surface area contributed by atoms with Gasteiger partial charge in [0.05, 0.1) is 18.9 Å². The van der Waals surface area contributed by atoms with Gasteiger partial charge in [0.2, 0.25) is 5.43 Å². The molecular weight excluding hydrogens is 268 g/mol. The van der Waals surface area contributed by atoms with Gasteiger partial charge in [0.25, 0.3) is 0 Å². The van der Waals surface area contributed by atoms with Crippen LogP contribution in [-0.2, 0) is 4.74 Å². The number of para-hydroxylation sites is 2. The van der Waals surface area contributed by atoms with E-state index in [9.17, 15) is 4.79 Å². The second-order valence-electron chi connectivity index (χ2n) is 5.07. The van der Waals surface area contributed by atoms with Gasteiger partial charge < -0.3 is 14.1 Å². The fourth-order valence-electron chi connectivity index (χ4n) is 2.64. The van der Waals surface area contributed by atoms with E-state index in [1.807, 2.05) is 35.2 Å². The summed E-state index contributed by atoms with van der Waals surface area (Å²) >= 11 is 0. The van der Waals surface area contributed by atoms with Crippen molar-refractivity contribution in [2.75, 3.05) is 31.2 Å². The lowest BCUT2D eigenvalue weighted by atomic mass is 10.1. The van der Waals surface area contributed by atoms with Crippen LogP contribution in [0.3, 0.4) is 0 Å². The Bertz CT molecular complexity index is 821. The van der Waals surface area contributed by atoms with Crippen LogP contribution in [0.2, 0.25) is 0 Å². The van der Waals surface area contributed by atoms with E-state index in [2.05, 4.69) is 4.98 Å². The normalized spacial score (nSPS) is 15.7. The number of rotatable bonds is 1. The molecule has 1 saturated heterocycles. The molecule has 2 aliphatic heterocycles. The van der Waals surface area contributed by atoms with Crippen molar-refractivity contribution >= 4 is 16.8 Å². The quantitative estimate of drug-likeness (QED) is 0.640. The number of hydrogen-bond donors (Lipinski definition) is 0. The largest absolute Gasteiger partial charge is 0.453 e. The number of benzene rings is 2. The molecule has 0 spiro atoms. The van der Waals surface area contributed by atoms with Crippen LogP contribution in [0.5, 0.6) is 0 Å². The molecule has 5 heteroatoms. The molecule has 1 fully saturated rings. The average Bonchev–Trinajstić information content (AvgIpc) is 2.53. The minimum atomic E-state index is -0.0368. The maximum atomic E-state index is 12.3. The second kappa shape index (κ2) is 4.86. The lowest BCUT2D eigenvalue weighted by Gasteiger charge is -2.28. The zero-order valence-electron chi connectivity index (χ0n) is 11.4. The summed E-state index contributed by atoms with van der Waals surface area (Å²) in [7, 11) is 0. The van der Waals surface area contributed by atoms with E-state index in [4.69, 9.17) is 9.15 Å². The van der Waals surface area contributed by atoms with Crippen molar-refractivity contribution in [3.63, 3.8) is 0 Å². The van der Waals surface area contributed by atoms with Crippen molar-refractivity contribution in [1.82, 2.24) is 4.98 Å². The van der Waals surface area contributed by atoms with Gasteiger partial charge in [-0.15, -0.1) is 0 Å². The topological polar surface area (TPSA) is 55.6 Å². The van der Waals surface area contributed by atoms with E-state index in [0.29, 0.717) is 35.9 Å². The predicted octanol–water partition coefficient (Wildman–Crippen LogP) is 2.13. The van der Waals surface area contributed by atoms with Crippen molar-refractivity contribution in [1.29, 1.82) is 0 Å². The van der Waals surface area contributed by atoms with Gasteiger partial charge in [-0.1, -0.05) is 12.1 Å².